The molecule has 0 atom stereocenters. The van der Waals surface area contributed by atoms with Crippen LogP contribution in [0.3, 0.4) is 0 Å². The van der Waals surface area contributed by atoms with Crippen molar-refractivity contribution in [3.05, 3.63) is 62.5 Å². The highest BCUT2D eigenvalue weighted by Gasteiger charge is 2.73. The second-order valence-corrected chi connectivity index (χ2v) is 7.13. The molecule has 0 saturated heterocycles. The smallest absolute Gasteiger partial charge is 0.320 e. The number of benzene rings is 2. The fourth-order valence-electron chi connectivity index (χ4n) is 2.47. The Morgan fingerprint density at radius 3 is 1.81 bits per heavy atom. The van der Waals surface area contributed by atoms with Gasteiger partial charge in [0.25, 0.3) is 5.91 Å². The molecule has 0 radical (unpaired) electrons. The Morgan fingerprint density at radius 2 is 1.35 bits per heavy atom. The molecule has 170 valence electrons. The quantitative estimate of drug-likeness (QED) is 0.310. The van der Waals surface area contributed by atoms with E-state index >= 15 is 0 Å². The highest BCUT2D eigenvalue weighted by atomic mass is 127. The van der Waals surface area contributed by atoms with E-state index in [4.69, 9.17) is 0 Å². The molecule has 2 rings (SSSR count). The molecule has 0 spiro atoms. The van der Waals surface area contributed by atoms with Gasteiger partial charge in [0, 0.05) is 9.13 Å². The lowest BCUT2D eigenvalue weighted by molar-refractivity contribution is -0.348. The van der Waals surface area contributed by atoms with E-state index < -0.39 is 67.9 Å². The van der Waals surface area contributed by atoms with Gasteiger partial charge in [0.05, 0.1) is 16.8 Å². The van der Waals surface area contributed by atoms with Crippen LogP contribution in [0, 0.1) is 9.39 Å². The van der Waals surface area contributed by atoms with E-state index in [1.165, 1.54) is 0 Å². The van der Waals surface area contributed by atoms with Crippen molar-refractivity contribution in [2.45, 2.75) is 24.2 Å². The van der Waals surface area contributed by atoms with Crippen molar-refractivity contribution < 1.29 is 53.1 Å². The largest absolute Gasteiger partial charge is 0.435 e. The number of alkyl halides is 10. The summed E-state index contributed by atoms with van der Waals surface area (Å²) in [5.41, 5.74) is -12.7. The third-order valence-corrected chi connectivity index (χ3v) is 4.78. The number of halogens is 12. The van der Waals surface area contributed by atoms with Crippen LogP contribution in [0.1, 0.15) is 21.5 Å². The van der Waals surface area contributed by atoms with Gasteiger partial charge < -0.3 is 5.32 Å². The molecule has 31 heavy (non-hydrogen) atoms. The monoisotopic (exact) mass is 577 g/mol. The Bertz CT molecular complexity index is 981. The van der Waals surface area contributed by atoms with Crippen molar-refractivity contribution in [3.63, 3.8) is 0 Å². The highest BCUT2D eigenvalue weighted by molar-refractivity contribution is 14.1. The number of nitrogens with one attached hydrogen (secondary N) is 1. The zero-order valence-corrected chi connectivity index (χ0v) is 16.6. The van der Waals surface area contributed by atoms with Crippen molar-refractivity contribution in [2.75, 3.05) is 5.32 Å². The first-order chi connectivity index (χ1) is 13.9. The molecule has 0 saturated carbocycles. The zero-order valence-electron chi connectivity index (χ0n) is 14.4. The lowest BCUT2D eigenvalue weighted by Gasteiger charge is -2.31. The van der Waals surface area contributed by atoms with Crippen LogP contribution < -0.4 is 5.32 Å². The summed E-state index contributed by atoms with van der Waals surface area (Å²) in [6, 6.07) is 3.15. The Morgan fingerprint density at radius 1 is 0.839 bits per heavy atom. The van der Waals surface area contributed by atoms with Crippen molar-refractivity contribution in [1.82, 2.24) is 0 Å². The van der Waals surface area contributed by atoms with Gasteiger partial charge in [0.2, 0.25) is 0 Å². The van der Waals surface area contributed by atoms with Gasteiger partial charge in [-0.15, -0.1) is 0 Å². The van der Waals surface area contributed by atoms with Gasteiger partial charge in [-0.1, -0.05) is 12.1 Å². The molecule has 2 nitrogen and oxygen atoms in total. The molecule has 0 aliphatic heterocycles. The predicted molar refractivity (Wildman–Crippen MR) is 93.4 cm³/mol. The molecule has 0 aromatic heterocycles. The van der Waals surface area contributed by atoms with Crippen LogP contribution in [0.4, 0.5) is 54.0 Å². The Labute approximate surface area is 179 Å². The third kappa shape index (κ3) is 4.72. The molecule has 1 amide bonds. The highest BCUT2D eigenvalue weighted by Crippen LogP contribution is 2.54. The van der Waals surface area contributed by atoms with Gasteiger partial charge in [-0.05, 0) is 46.9 Å². The van der Waals surface area contributed by atoms with E-state index in [0.717, 1.165) is 46.9 Å². The molecule has 0 heterocycles. The van der Waals surface area contributed by atoms with Crippen LogP contribution in [0.2, 0.25) is 0 Å². The molecule has 2 aromatic carbocycles. The van der Waals surface area contributed by atoms with Crippen LogP contribution >= 0.6 is 22.6 Å². The molecular weight excluding hydrogens is 570 g/mol. The molecule has 0 aliphatic carbocycles. The zero-order chi connectivity index (χ0) is 24.0. The molecule has 2 aromatic rings. The molecular formula is C17H7F11INO. The average molecular weight is 577 g/mol. The molecule has 0 bridgehead atoms. The predicted octanol–water partition coefficient (Wildman–Crippen LogP) is 6.99. The van der Waals surface area contributed by atoms with Gasteiger partial charge in [-0.2, -0.15) is 39.5 Å². The lowest BCUT2D eigenvalue weighted by atomic mass is 9.92. The van der Waals surface area contributed by atoms with Crippen LogP contribution in [-0.2, 0) is 11.8 Å². The van der Waals surface area contributed by atoms with E-state index in [1.807, 2.05) is 0 Å². The minimum Gasteiger partial charge on any atom is -0.320 e. The summed E-state index contributed by atoms with van der Waals surface area (Å²) in [4.78, 5) is 12.1. The normalized spacial score (nSPS) is 13.3. The molecule has 0 unspecified atom stereocenters. The molecule has 0 fully saturated rings. The van der Waals surface area contributed by atoms with Crippen molar-refractivity contribution in [2.24, 2.45) is 0 Å². The summed E-state index contributed by atoms with van der Waals surface area (Å²) in [7, 11) is 0. The number of carbonyl (C=O) groups excluding carboxylic acids is 1. The number of hydrogen-bond acceptors (Lipinski definition) is 1. The summed E-state index contributed by atoms with van der Waals surface area (Å²) < 4.78 is 145. The number of carbonyl (C=O) groups is 1. The Kier molecular flexibility index (Phi) is 6.56. The van der Waals surface area contributed by atoms with E-state index in [2.05, 4.69) is 0 Å². The van der Waals surface area contributed by atoms with E-state index in [0.29, 0.717) is 0 Å². The first-order valence-electron chi connectivity index (χ1n) is 7.70. The van der Waals surface area contributed by atoms with Gasteiger partial charge in [-0.3, -0.25) is 4.79 Å². The van der Waals surface area contributed by atoms with Crippen LogP contribution in [0.25, 0.3) is 0 Å². The second-order valence-electron chi connectivity index (χ2n) is 5.97. The van der Waals surface area contributed by atoms with Gasteiger partial charge in [-0.25, -0.2) is 8.78 Å². The van der Waals surface area contributed by atoms with Crippen LogP contribution in [-0.4, -0.2) is 18.3 Å². The van der Waals surface area contributed by atoms with Crippen molar-refractivity contribution >= 4 is 34.2 Å². The average Bonchev–Trinajstić information content (AvgIpc) is 2.59. The maximum Gasteiger partial charge on any atom is 0.435 e. The molecule has 0 aliphatic rings. The number of hydrogen-bond donors (Lipinski definition) is 1. The van der Waals surface area contributed by atoms with Crippen LogP contribution in [0.15, 0.2) is 36.4 Å². The number of rotatable bonds is 3. The maximum atomic E-state index is 14.2. The summed E-state index contributed by atoms with van der Waals surface area (Å²) in [6.45, 7) is 0. The topological polar surface area (TPSA) is 29.1 Å². The van der Waals surface area contributed by atoms with Gasteiger partial charge in [0.15, 0.2) is 0 Å². The van der Waals surface area contributed by atoms with Crippen molar-refractivity contribution in [1.29, 1.82) is 0 Å². The standard InChI is InChI=1S/C17H7F11INO/c18-10-4-2-1-3-8(10)13(31)30-12-9(15(20,21)22)5-7(6-11(12)29)14(19,16(23,24)25)17(26,27)28/h1-6H,(H,30,31). The van der Waals surface area contributed by atoms with Crippen LogP contribution in [0.5, 0.6) is 0 Å². The fourth-order valence-corrected chi connectivity index (χ4v) is 3.23. The lowest BCUT2D eigenvalue weighted by Crippen LogP contribution is -2.50. The van der Waals surface area contributed by atoms with E-state index in [1.54, 1.807) is 5.32 Å². The Hall–Kier alpha value is -2.13. The summed E-state index contributed by atoms with van der Waals surface area (Å²) >= 11 is 0.900. The minimum absolute atomic E-state index is 0.131. The second kappa shape index (κ2) is 8.09. The summed E-state index contributed by atoms with van der Waals surface area (Å²) in [6.07, 6.45) is -18.9. The Balaban J connectivity index is 2.72. The molecule has 14 heteroatoms. The number of anilines is 1. The summed E-state index contributed by atoms with van der Waals surface area (Å²) in [5.74, 6) is -2.62. The summed E-state index contributed by atoms with van der Waals surface area (Å²) in [5, 5.41) is 1.61. The van der Waals surface area contributed by atoms with E-state index in [9.17, 15) is 53.1 Å². The first kappa shape index (κ1) is 25.1. The third-order valence-electron chi connectivity index (χ3n) is 3.93. The minimum atomic E-state index is -6.64. The first-order valence-corrected chi connectivity index (χ1v) is 8.78. The van der Waals surface area contributed by atoms with Crippen molar-refractivity contribution in [3.8, 4) is 0 Å². The fraction of sp³-hybridized carbons (Fsp3) is 0.235. The molecule has 1 N–H and O–H groups in total. The number of amides is 1. The SMILES string of the molecule is O=C(Nc1c(I)cc(C(F)(C(F)(F)F)C(F)(F)F)cc1C(F)(F)F)c1ccccc1F. The van der Waals surface area contributed by atoms with Gasteiger partial charge in [0.1, 0.15) is 5.82 Å². The van der Waals surface area contributed by atoms with Gasteiger partial charge >= 0.3 is 24.2 Å². The van der Waals surface area contributed by atoms with E-state index in [-0.39, 0.29) is 6.07 Å². The maximum absolute atomic E-state index is 14.2.